The summed E-state index contributed by atoms with van der Waals surface area (Å²) in [4.78, 5) is 29.7. The Hall–Kier alpha value is -1.92. The molecule has 3 rings (SSSR count). The molecule has 2 saturated heterocycles. The molecule has 0 spiro atoms. The van der Waals surface area contributed by atoms with E-state index in [1.807, 2.05) is 41.0 Å². The Morgan fingerprint density at radius 2 is 1.70 bits per heavy atom. The zero-order valence-electron chi connectivity index (χ0n) is 16.5. The monoisotopic (exact) mass is 373 g/mol. The van der Waals surface area contributed by atoms with Crippen molar-refractivity contribution < 1.29 is 14.3 Å². The summed E-state index contributed by atoms with van der Waals surface area (Å²) in [5.74, 6) is 0.335. The van der Waals surface area contributed by atoms with Crippen molar-refractivity contribution >= 4 is 11.8 Å². The Kier molecular flexibility index (Phi) is 6.50. The minimum absolute atomic E-state index is 0.143. The van der Waals surface area contributed by atoms with Gasteiger partial charge in [0.15, 0.2) is 0 Å². The van der Waals surface area contributed by atoms with Crippen molar-refractivity contribution in [3.63, 3.8) is 0 Å². The molecule has 0 radical (unpaired) electrons. The van der Waals surface area contributed by atoms with Gasteiger partial charge >= 0.3 is 0 Å². The maximum Gasteiger partial charge on any atom is 0.231 e. The number of carbonyl (C=O) groups excluding carboxylic acids is 2. The first-order valence-electron chi connectivity index (χ1n) is 9.87. The average Bonchev–Trinajstić information content (AvgIpc) is 2.70. The van der Waals surface area contributed by atoms with Gasteiger partial charge in [-0.2, -0.15) is 0 Å². The molecule has 0 aliphatic carbocycles. The number of piperidine rings is 1. The molecule has 6 nitrogen and oxygen atoms in total. The van der Waals surface area contributed by atoms with Crippen LogP contribution in [0.2, 0.25) is 0 Å². The van der Waals surface area contributed by atoms with E-state index in [4.69, 9.17) is 4.74 Å². The zero-order valence-corrected chi connectivity index (χ0v) is 16.5. The van der Waals surface area contributed by atoms with Gasteiger partial charge in [0.25, 0.3) is 0 Å². The quantitative estimate of drug-likeness (QED) is 0.843. The first kappa shape index (κ1) is 19.8. The molecule has 148 valence electrons. The van der Waals surface area contributed by atoms with Gasteiger partial charge in [-0.15, -0.1) is 0 Å². The second-order valence-corrected chi connectivity index (χ2v) is 7.74. The molecule has 2 heterocycles. The highest BCUT2D eigenvalue weighted by atomic mass is 16.5. The summed E-state index contributed by atoms with van der Waals surface area (Å²) in [5, 5.41) is 3.33. The van der Waals surface area contributed by atoms with Crippen LogP contribution in [0, 0.1) is 12.3 Å². The lowest BCUT2D eigenvalue weighted by molar-refractivity contribution is -0.151. The number of methoxy groups -OCH3 is 1. The third-order valence-corrected chi connectivity index (χ3v) is 5.96. The van der Waals surface area contributed by atoms with E-state index in [0.29, 0.717) is 39.2 Å². The van der Waals surface area contributed by atoms with Crippen LogP contribution in [-0.4, -0.2) is 74.6 Å². The van der Waals surface area contributed by atoms with Crippen molar-refractivity contribution in [2.45, 2.75) is 26.2 Å². The lowest BCUT2D eigenvalue weighted by atomic mass is 9.78. The molecule has 0 atom stereocenters. The minimum atomic E-state index is -0.409. The predicted molar refractivity (Wildman–Crippen MR) is 104 cm³/mol. The van der Waals surface area contributed by atoms with Gasteiger partial charge in [-0.3, -0.25) is 9.59 Å². The Labute approximate surface area is 161 Å². The Morgan fingerprint density at radius 3 is 2.33 bits per heavy atom. The van der Waals surface area contributed by atoms with E-state index in [1.54, 1.807) is 7.11 Å². The number of carbonyl (C=O) groups is 2. The lowest BCUT2D eigenvalue weighted by Crippen LogP contribution is -2.57. The van der Waals surface area contributed by atoms with Crippen molar-refractivity contribution in [1.82, 2.24) is 15.1 Å². The molecule has 0 unspecified atom stereocenters. The van der Waals surface area contributed by atoms with Crippen LogP contribution in [0.1, 0.15) is 24.0 Å². The van der Waals surface area contributed by atoms with Gasteiger partial charge in [-0.25, -0.2) is 0 Å². The molecule has 27 heavy (non-hydrogen) atoms. The first-order valence-corrected chi connectivity index (χ1v) is 9.87. The largest absolute Gasteiger partial charge is 0.384 e. The Balaban J connectivity index is 1.57. The summed E-state index contributed by atoms with van der Waals surface area (Å²) >= 11 is 0. The number of nitrogens with zero attached hydrogens (tertiary/aromatic N) is 2. The highest BCUT2D eigenvalue weighted by molar-refractivity contribution is 5.84. The molecule has 0 bridgehead atoms. The van der Waals surface area contributed by atoms with Crippen LogP contribution in [0.5, 0.6) is 0 Å². The molecule has 1 N–H and O–H groups in total. The molecule has 6 heteroatoms. The van der Waals surface area contributed by atoms with Crippen LogP contribution in [0.25, 0.3) is 0 Å². The van der Waals surface area contributed by atoms with E-state index in [-0.39, 0.29) is 11.8 Å². The molecule has 1 aromatic rings. The number of aryl methyl sites for hydroxylation is 1. The standard InChI is InChI=1S/C21H31N3O3/c1-17-5-3-4-6-18(17)15-19(25)23-11-13-24(14-12-23)20(26)21(16-27-2)7-9-22-10-8-21/h3-6,22H,7-16H2,1-2H3. The number of ether oxygens (including phenoxy) is 1. The highest BCUT2D eigenvalue weighted by Gasteiger charge is 2.43. The van der Waals surface area contributed by atoms with Crippen molar-refractivity contribution in [3.8, 4) is 0 Å². The van der Waals surface area contributed by atoms with Gasteiger partial charge in [0.05, 0.1) is 18.4 Å². The minimum Gasteiger partial charge on any atom is -0.384 e. The predicted octanol–water partition coefficient (Wildman–Crippen LogP) is 1.22. The van der Waals surface area contributed by atoms with E-state index >= 15 is 0 Å². The van der Waals surface area contributed by atoms with Crippen LogP contribution in [0.15, 0.2) is 24.3 Å². The maximum absolute atomic E-state index is 13.2. The normalized spacial score (nSPS) is 19.8. The van der Waals surface area contributed by atoms with Gasteiger partial charge in [0.1, 0.15) is 0 Å². The summed E-state index contributed by atoms with van der Waals surface area (Å²) in [6.07, 6.45) is 2.05. The number of amides is 2. The molecule has 0 aromatic heterocycles. The van der Waals surface area contributed by atoms with E-state index in [2.05, 4.69) is 5.32 Å². The fourth-order valence-corrected chi connectivity index (χ4v) is 4.18. The molecule has 2 aliphatic rings. The fraction of sp³-hybridized carbons (Fsp3) is 0.619. The van der Waals surface area contributed by atoms with E-state index < -0.39 is 5.41 Å². The molecule has 2 amide bonds. The van der Waals surface area contributed by atoms with Gasteiger partial charge in [0.2, 0.25) is 11.8 Å². The molecular weight excluding hydrogens is 342 g/mol. The number of hydrogen-bond donors (Lipinski definition) is 1. The van der Waals surface area contributed by atoms with E-state index in [9.17, 15) is 9.59 Å². The van der Waals surface area contributed by atoms with Crippen molar-refractivity contribution in [3.05, 3.63) is 35.4 Å². The van der Waals surface area contributed by atoms with Gasteiger partial charge in [0, 0.05) is 33.3 Å². The third-order valence-electron chi connectivity index (χ3n) is 5.96. The number of rotatable bonds is 5. The Morgan fingerprint density at radius 1 is 1.07 bits per heavy atom. The smallest absolute Gasteiger partial charge is 0.231 e. The number of piperazine rings is 1. The van der Waals surface area contributed by atoms with E-state index in [0.717, 1.165) is 37.1 Å². The molecule has 0 saturated carbocycles. The number of hydrogen-bond acceptors (Lipinski definition) is 4. The summed E-state index contributed by atoms with van der Waals surface area (Å²) in [7, 11) is 1.67. The topological polar surface area (TPSA) is 61.9 Å². The van der Waals surface area contributed by atoms with Crippen molar-refractivity contribution in [2.75, 3.05) is 53.0 Å². The van der Waals surface area contributed by atoms with Crippen LogP contribution in [0.4, 0.5) is 0 Å². The average molecular weight is 373 g/mol. The summed E-state index contributed by atoms with van der Waals surface area (Å²) < 4.78 is 5.39. The van der Waals surface area contributed by atoms with Crippen molar-refractivity contribution in [1.29, 1.82) is 0 Å². The summed E-state index contributed by atoms with van der Waals surface area (Å²) in [5.41, 5.74) is 1.81. The molecule has 2 aliphatic heterocycles. The molecule has 2 fully saturated rings. The second-order valence-electron chi connectivity index (χ2n) is 7.74. The number of benzene rings is 1. The number of nitrogens with one attached hydrogen (secondary N) is 1. The van der Waals surface area contributed by atoms with Crippen LogP contribution in [-0.2, 0) is 20.7 Å². The SMILES string of the molecule is COCC1(C(=O)N2CCN(C(=O)Cc3ccccc3C)CC2)CCNCC1. The van der Waals surface area contributed by atoms with Crippen LogP contribution < -0.4 is 5.32 Å². The van der Waals surface area contributed by atoms with E-state index in [1.165, 1.54) is 0 Å². The maximum atomic E-state index is 13.2. The van der Waals surface area contributed by atoms with Gasteiger partial charge in [-0.05, 0) is 44.0 Å². The molecule has 1 aromatic carbocycles. The van der Waals surface area contributed by atoms with Gasteiger partial charge in [-0.1, -0.05) is 24.3 Å². The second kappa shape index (κ2) is 8.85. The van der Waals surface area contributed by atoms with Crippen molar-refractivity contribution in [2.24, 2.45) is 5.41 Å². The third kappa shape index (κ3) is 4.50. The first-order chi connectivity index (χ1) is 13.1. The summed E-state index contributed by atoms with van der Waals surface area (Å²) in [6.45, 7) is 6.64. The lowest BCUT2D eigenvalue weighted by Gasteiger charge is -2.42. The fourth-order valence-electron chi connectivity index (χ4n) is 4.18. The highest BCUT2D eigenvalue weighted by Crippen LogP contribution is 2.32. The van der Waals surface area contributed by atoms with Gasteiger partial charge < -0.3 is 19.9 Å². The van der Waals surface area contributed by atoms with Crippen LogP contribution >= 0.6 is 0 Å². The summed E-state index contributed by atoms with van der Waals surface area (Å²) in [6, 6.07) is 8.01. The van der Waals surface area contributed by atoms with Crippen LogP contribution in [0.3, 0.4) is 0 Å². The zero-order chi connectivity index (χ0) is 19.3. The molecular formula is C21H31N3O3. The Bertz CT molecular complexity index is 657.